The van der Waals surface area contributed by atoms with Crippen molar-refractivity contribution in [1.82, 2.24) is 4.98 Å². The Balaban J connectivity index is 1.94. The van der Waals surface area contributed by atoms with E-state index in [1.54, 1.807) is 23.4 Å². The van der Waals surface area contributed by atoms with Gasteiger partial charge in [-0.2, -0.15) is 4.39 Å². The summed E-state index contributed by atoms with van der Waals surface area (Å²) in [7, 11) is 0. The molecule has 3 rings (SSSR count). The van der Waals surface area contributed by atoms with Gasteiger partial charge in [0.15, 0.2) is 5.95 Å². The van der Waals surface area contributed by atoms with E-state index < -0.39 is 0 Å². The highest BCUT2D eigenvalue weighted by Crippen LogP contribution is 2.24. The number of hydrogen-bond acceptors (Lipinski definition) is 2. The molecule has 0 radical (unpaired) electrons. The quantitative estimate of drug-likeness (QED) is 0.588. The zero-order valence-corrected chi connectivity index (χ0v) is 13.6. The summed E-state index contributed by atoms with van der Waals surface area (Å²) in [5.74, 6) is -0.310. The van der Waals surface area contributed by atoms with E-state index in [9.17, 15) is 4.39 Å². The lowest BCUT2D eigenvalue weighted by Crippen LogP contribution is -2.19. The highest BCUT2D eigenvalue weighted by molar-refractivity contribution is 5.60. The number of hydrogen-bond donors (Lipinski definition) is 0. The lowest BCUT2D eigenvalue weighted by Gasteiger charge is -2.23. The number of aromatic nitrogens is 1. The second-order valence-corrected chi connectivity index (χ2v) is 5.66. The van der Waals surface area contributed by atoms with Crippen molar-refractivity contribution >= 4 is 11.8 Å². The minimum absolute atomic E-state index is 0.310. The molecular weight excluding hydrogens is 299 g/mol. The second kappa shape index (κ2) is 7.55. The zero-order valence-electron chi connectivity index (χ0n) is 13.6. The Morgan fingerprint density at radius 3 is 2.42 bits per heavy atom. The normalized spacial score (nSPS) is 11.3. The van der Waals surface area contributed by atoms with Crippen LogP contribution in [0.5, 0.6) is 0 Å². The number of nitrogens with zero attached hydrogens (tertiary/aromatic N) is 2. The van der Waals surface area contributed by atoms with Crippen molar-refractivity contribution in [3.05, 3.63) is 102 Å². The van der Waals surface area contributed by atoms with Crippen LogP contribution < -0.4 is 4.90 Å². The lowest BCUT2D eigenvalue weighted by atomic mass is 10.1. The summed E-state index contributed by atoms with van der Waals surface area (Å²) in [5.41, 5.74) is 3.75. The minimum atomic E-state index is -0.310. The molecule has 2 nitrogen and oxygen atoms in total. The van der Waals surface area contributed by atoms with Crippen LogP contribution in [0, 0.1) is 6.92 Å². The van der Waals surface area contributed by atoms with Crippen LogP contribution >= 0.6 is 0 Å². The minimum Gasteiger partial charge on any atom is -0.314 e. The Hall–Kier alpha value is -2.94. The highest BCUT2D eigenvalue weighted by Gasteiger charge is 2.13. The fourth-order valence-electron chi connectivity index (χ4n) is 2.46. The smallest absolute Gasteiger partial charge is 0.195 e. The Bertz CT molecular complexity index is 796. The fraction of sp³-hybridized carbons (Fsp3) is 0.0952. The Kier molecular flexibility index (Phi) is 5.02. The molecule has 0 unspecified atom stereocenters. The third-order valence-corrected chi connectivity index (χ3v) is 3.76. The number of benzene rings is 2. The molecule has 0 aliphatic carbocycles. The van der Waals surface area contributed by atoms with Crippen molar-refractivity contribution in [2.24, 2.45) is 0 Å². The molecule has 0 aliphatic rings. The maximum absolute atomic E-state index is 15.0. The van der Waals surface area contributed by atoms with Crippen LogP contribution in [0.25, 0.3) is 6.08 Å². The van der Waals surface area contributed by atoms with Gasteiger partial charge in [-0.25, -0.2) is 0 Å². The first-order valence-electron chi connectivity index (χ1n) is 7.88. The van der Waals surface area contributed by atoms with Crippen molar-refractivity contribution < 1.29 is 4.39 Å². The van der Waals surface area contributed by atoms with Crippen molar-refractivity contribution in [3.8, 4) is 0 Å². The third kappa shape index (κ3) is 4.07. The Labute approximate surface area is 141 Å². The molecule has 3 heteroatoms. The van der Waals surface area contributed by atoms with Crippen molar-refractivity contribution in [2.75, 3.05) is 4.90 Å². The maximum atomic E-state index is 15.0. The van der Waals surface area contributed by atoms with Gasteiger partial charge in [-0.15, -0.1) is 0 Å². The highest BCUT2D eigenvalue weighted by atomic mass is 19.1. The predicted octanol–water partition coefficient (Wildman–Crippen LogP) is 5.36. The number of anilines is 1. The second-order valence-electron chi connectivity index (χ2n) is 5.66. The molecular formula is C21H19FN2. The van der Waals surface area contributed by atoms with Gasteiger partial charge in [0.1, 0.15) is 0 Å². The van der Waals surface area contributed by atoms with Crippen LogP contribution in [0.2, 0.25) is 0 Å². The van der Waals surface area contributed by atoms with Gasteiger partial charge in [0, 0.05) is 24.2 Å². The Morgan fingerprint density at radius 1 is 1.00 bits per heavy atom. The van der Waals surface area contributed by atoms with Crippen molar-refractivity contribution in [2.45, 2.75) is 13.5 Å². The van der Waals surface area contributed by atoms with Gasteiger partial charge in [0.05, 0.1) is 6.54 Å². The monoisotopic (exact) mass is 318 g/mol. The average Bonchev–Trinajstić information content (AvgIpc) is 2.62. The molecule has 0 bridgehead atoms. The third-order valence-electron chi connectivity index (χ3n) is 3.76. The van der Waals surface area contributed by atoms with Crippen LogP contribution in [0.1, 0.15) is 16.7 Å². The molecule has 2 aromatic carbocycles. The molecule has 0 spiro atoms. The van der Waals surface area contributed by atoms with Crippen LogP contribution in [-0.2, 0) is 6.54 Å². The molecule has 0 N–H and O–H groups in total. The van der Waals surface area contributed by atoms with Gasteiger partial charge in [-0.3, -0.25) is 4.98 Å². The molecule has 1 heterocycles. The summed E-state index contributed by atoms with van der Waals surface area (Å²) in [6, 6.07) is 21.4. The van der Waals surface area contributed by atoms with E-state index in [4.69, 9.17) is 0 Å². The van der Waals surface area contributed by atoms with Gasteiger partial charge < -0.3 is 4.90 Å². The SMILES string of the molecule is Cc1ccc(N(Cc2ccccc2)/C(F)=C\c2cccnc2)cc1. The van der Waals surface area contributed by atoms with Crippen LogP contribution in [0.3, 0.4) is 0 Å². The molecule has 0 fully saturated rings. The fourth-order valence-corrected chi connectivity index (χ4v) is 2.46. The van der Waals surface area contributed by atoms with E-state index in [2.05, 4.69) is 4.98 Å². The predicted molar refractivity (Wildman–Crippen MR) is 97.1 cm³/mol. The zero-order chi connectivity index (χ0) is 16.8. The number of pyridine rings is 1. The van der Waals surface area contributed by atoms with E-state index in [0.717, 1.165) is 22.4 Å². The van der Waals surface area contributed by atoms with Gasteiger partial charge in [-0.05, 0) is 36.2 Å². The molecule has 24 heavy (non-hydrogen) atoms. The largest absolute Gasteiger partial charge is 0.314 e. The van der Waals surface area contributed by atoms with Crippen LogP contribution in [0.4, 0.5) is 10.1 Å². The number of aryl methyl sites for hydroxylation is 1. The van der Waals surface area contributed by atoms with Crippen molar-refractivity contribution in [1.29, 1.82) is 0 Å². The average molecular weight is 318 g/mol. The van der Waals surface area contributed by atoms with Gasteiger partial charge in [-0.1, -0.05) is 54.1 Å². The first kappa shape index (κ1) is 15.9. The van der Waals surface area contributed by atoms with Gasteiger partial charge in [0.25, 0.3) is 0 Å². The topological polar surface area (TPSA) is 16.1 Å². The molecule has 0 aliphatic heterocycles. The lowest BCUT2D eigenvalue weighted by molar-refractivity contribution is 0.593. The van der Waals surface area contributed by atoms with Crippen LogP contribution in [-0.4, -0.2) is 4.98 Å². The summed E-state index contributed by atoms with van der Waals surface area (Å²) < 4.78 is 15.0. The Morgan fingerprint density at radius 2 is 1.75 bits per heavy atom. The molecule has 1 aromatic heterocycles. The summed E-state index contributed by atoms with van der Waals surface area (Å²) in [6.07, 6.45) is 4.84. The molecule has 3 aromatic rings. The van der Waals surface area contributed by atoms with Gasteiger partial charge in [0.2, 0.25) is 0 Å². The maximum Gasteiger partial charge on any atom is 0.195 e. The van der Waals surface area contributed by atoms with E-state index in [1.807, 2.05) is 67.6 Å². The first-order valence-corrected chi connectivity index (χ1v) is 7.88. The molecule has 120 valence electrons. The standard InChI is InChI=1S/C21H19FN2/c1-17-9-11-20(12-10-17)24(16-18-6-3-2-4-7-18)21(22)14-19-8-5-13-23-15-19/h2-15H,16H2,1H3/b21-14-. The van der Waals surface area contributed by atoms with E-state index >= 15 is 0 Å². The van der Waals surface area contributed by atoms with E-state index in [1.165, 1.54) is 6.08 Å². The van der Waals surface area contributed by atoms with E-state index in [0.29, 0.717) is 6.54 Å². The first-order chi connectivity index (χ1) is 11.7. The molecule has 0 amide bonds. The van der Waals surface area contributed by atoms with Crippen molar-refractivity contribution in [3.63, 3.8) is 0 Å². The summed E-state index contributed by atoms with van der Waals surface area (Å²) in [6.45, 7) is 2.49. The molecule has 0 saturated heterocycles. The summed E-state index contributed by atoms with van der Waals surface area (Å²) >= 11 is 0. The number of halogens is 1. The van der Waals surface area contributed by atoms with E-state index in [-0.39, 0.29) is 5.95 Å². The molecule has 0 atom stereocenters. The summed E-state index contributed by atoms with van der Waals surface area (Å²) in [4.78, 5) is 5.70. The number of rotatable bonds is 5. The summed E-state index contributed by atoms with van der Waals surface area (Å²) in [5, 5.41) is 0. The molecule has 0 saturated carbocycles. The van der Waals surface area contributed by atoms with Gasteiger partial charge >= 0.3 is 0 Å². The van der Waals surface area contributed by atoms with Crippen LogP contribution in [0.15, 0.2) is 85.1 Å².